The molecule has 0 aliphatic carbocycles. The highest BCUT2D eigenvalue weighted by molar-refractivity contribution is 5.86. The summed E-state index contributed by atoms with van der Waals surface area (Å²) in [4.78, 5) is 36.0. The Labute approximate surface area is 216 Å². The van der Waals surface area contributed by atoms with Crippen LogP contribution in [0.1, 0.15) is 50.3 Å². The van der Waals surface area contributed by atoms with Gasteiger partial charge in [0.15, 0.2) is 0 Å². The van der Waals surface area contributed by atoms with Crippen molar-refractivity contribution in [1.29, 1.82) is 5.26 Å². The van der Waals surface area contributed by atoms with Crippen LogP contribution in [-0.2, 0) is 32.0 Å². The zero-order valence-electron chi connectivity index (χ0n) is 21.7. The Kier molecular flexibility index (Phi) is 10.8. The molecule has 1 aromatic carbocycles. The van der Waals surface area contributed by atoms with Crippen LogP contribution in [0.3, 0.4) is 0 Å². The number of carbonyl (C=O) groups excluding carboxylic acids is 2. The molecule has 0 aliphatic heterocycles. The molecule has 1 heterocycles. The van der Waals surface area contributed by atoms with E-state index in [4.69, 9.17) is 9.47 Å². The molecule has 0 saturated carbocycles. The summed E-state index contributed by atoms with van der Waals surface area (Å²) >= 11 is 0. The van der Waals surface area contributed by atoms with Crippen LogP contribution in [0.15, 0.2) is 41.2 Å². The van der Waals surface area contributed by atoms with Crippen LogP contribution in [0.4, 0.5) is 11.4 Å². The van der Waals surface area contributed by atoms with Gasteiger partial charge in [-0.15, -0.1) is 0 Å². The van der Waals surface area contributed by atoms with Crippen molar-refractivity contribution < 1.29 is 24.2 Å². The second-order valence-electron chi connectivity index (χ2n) is 8.71. The van der Waals surface area contributed by atoms with Gasteiger partial charge < -0.3 is 20.0 Å². The number of hydrogen-bond donors (Lipinski definition) is 3. The summed E-state index contributed by atoms with van der Waals surface area (Å²) in [5.41, 5.74) is 7.48. The first-order chi connectivity index (χ1) is 17.6. The van der Waals surface area contributed by atoms with Crippen molar-refractivity contribution in [3.8, 4) is 11.9 Å². The van der Waals surface area contributed by atoms with Crippen LogP contribution in [0, 0.1) is 24.2 Å². The molecule has 10 nitrogen and oxygen atoms in total. The van der Waals surface area contributed by atoms with Gasteiger partial charge in [-0.25, -0.2) is 4.79 Å². The largest absolute Gasteiger partial charge is 0.493 e. The minimum absolute atomic E-state index is 0.0253. The molecular formula is C27H34N4O6. The fourth-order valence-electron chi connectivity index (χ4n) is 3.29. The predicted octanol–water partition coefficient (Wildman–Crippen LogP) is 3.81. The lowest BCUT2D eigenvalue weighted by atomic mass is 10.1. The second kappa shape index (κ2) is 13.7. The van der Waals surface area contributed by atoms with Crippen molar-refractivity contribution in [2.75, 3.05) is 24.1 Å². The monoisotopic (exact) mass is 510 g/mol. The number of aromatic nitrogens is 1. The third-order valence-corrected chi connectivity index (χ3v) is 5.84. The average molecular weight is 511 g/mol. The van der Waals surface area contributed by atoms with E-state index in [1.165, 1.54) is 6.92 Å². The van der Waals surface area contributed by atoms with Gasteiger partial charge in [-0.05, 0) is 44.4 Å². The minimum atomic E-state index is -0.632. The zero-order valence-corrected chi connectivity index (χ0v) is 21.7. The molecule has 0 spiro atoms. The summed E-state index contributed by atoms with van der Waals surface area (Å²) in [6.07, 6.45) is 1.56. The molecule has 0 radical (unpaired) electrons. The Morgan fingerprint density at radius 2 is 1.86 bits per heavy atom. The van der Waals surface area contributed by atoms with Crippen LogP contribution in [-0.4, -0.2) is 34.8 Å². The quantitative estimate of drug-likeness (QED) is 0.159. The molecule has 0 aliphatic rings. The van der Waals surface area contributed by atoms with Crippen molar-refractivity contribution in [3.05, 3.63) is 63.5 Å². The van der Waals surface area contributed by atoms with Gasteiger partial charge in [0.2, 0.25) is 5.88 Å². The van der Waals surface area contributed by atoms with Crippen molar-refractivity contribution in [1.82, 2.24) is 4.57 Å². The highest BCUT2D eigenvalue weighted by atomic mass is 16.5. The van der Waals surface area contributed by atoms with Gasteiger partial charge in [-0.3, -0.25) is 19.6 Å². The van der Waals surface area contributed by atoms with Gasteiger partial charge in [-0.1, -0.05) is 32.6 Å². The third kappa shape index (κ3) is 7.87. The maximum atomic E-state index is 12.7. The second-order valence-corrected chi connectivity index (χ2v) is 8.71. The summed E-state index contributed by atoms with van der Waals surface area (Å²) < 4.78 is 11.4. The van der Waals surface area contributed by atoms with Crippen molar-refractivity contribution in [3.63, 3.8) is 0 Å². The normalized spacial score (nSPS) is 11.2. The van der Waals surface area contributed by atoms with E-state index in [9.17, 15) is 24.8 Å². The molecule has 0 amide bonds. The van der Waals surface area contributed by atoms with Gasteiger partial charge in [0.1, 0.15) is 17.3 Å². The van der Waals surface area contributed by atoms with E-state index >= 15 is 0 Å². The van der Waals surface area contributed by atoms with Crippen LogP contribution in [0.25, 0.3) is 0 Å². The molecule has 2 rings (SSSR count). The van der Waals surface area contributed by atoms with E-state index in [-0.39, 0.29) is 54.2 Å². The maximum absolute atomic E-state index is 12.7. The highest BCUT2D eigenvalue weighted by Crippen LogP contribution is 2.28. The summed E-state index contributed by atoms with van der Waals surface area (Å²) in [6, 6.07) is 9.26. The summed E-state index contributed by atoms with van der Waals surface area (Å²) in [5, 5.41) is 20.3. The van der Waals surface area contributed by atoms with Gasteiger partial charge in [0.25, 0.3) is 5.56 Å². The first-order valence-electron chi connectivity index (χ1n) is 12.1. The number of nitrogens with zero attached hydrogens (tertiary/aromatic N) is 2. The Balaban J connectivity index is 2.06. The minimum Gasteiger partial charge on any atom is -0.493 e. The summed E-state index contributed by atoms with van der Waals surface area (Å²) in [6.45, 7) is 10.7. The molecule has 3 N–H and O–H groups in total. The smallest absolute Gasteiger partial charge is 0.333 e. The lowest BCUT2D eigenvalue weighted by Gasteiger charge is -2.18. The van der Waals surface area contributed by atoms with Crippen molar-refractivity contribution in [2.45, 2.75) is 53.5 Å². The number of anilines is 2. The fraction of sp³-hybridized carbons (Fsp3) is 0.407. The molecule has 2 aromatic rings. The van der Waals surface area contributed by atoms with E-state index in [0.29, 0.717) is 24.3 Å². The first kappa shape index (κ1) is 29.0. The molecule has 0 bridgehead atoms. The molecule has 37 heavy (non-hydrogen) atoms. The number of hydrogen-bond acceptors (Lipinski definition) is 9. The molecule has 1 atom stereocenters. The zero-order chi connectivity index (χ0) is 27.5. The van der Waals surface area contributed by atoms with Crippen LogP contribution in [0.2, 0.25) is 0 Å². The standard InChI is InChI=1S/C27H34N4O6/c1-6-18(4)27(35)37-15-12-20-8-10-21(11-9-20)29-30-23-19(5)22(16-28)24(32)31(25(23)33)13-7-14-36-26(34)17(2)3/h8-11,18,29-30,33H,2,6-7,12-15H2,1,3-5H3. The lowest BCUT2D eigenvalue weighted by molar-refractivity contribution is -0.148. The third-order valence-electron chi connectivity index (χ3n) is 5.84. The molecule has 198 valence electrons. The van der Waals surface area contributed by atoms with E-state index in [1.54, 1.807) is 6.92 Å². The summed E-state index contributed by atoms with van der Waals surface area (Å²) in [5.74, 6) is -1.21. The van der Waals surface area contributed by atoms with E-state index in [2.05, 4.69) is 17.4 Å². The number of aromatic hydroxyl groups is 1. The number of nitriles is 1. The van der Waals surface area contributed by atoms with Gasteiger partial charge in [0.05, 0.1) is 24.8 Å². The summed E-state index contributed by atoms with van der Waals surface area (Å²) in [7, 11) is 0. The Morgan fingerprint density at radius 3 is 2.46 bits per heavy atom. The molecule has 1 aromatic heterocycles. The Bertz CT molecular complexity index is 1230. The van der Waals surface area contributed by atoms with E-state index in [0.717, 1.165) is 16.6 Å². The van der Waals surface area contributed by atoms with E-state index < -0.39 is 11.5 Å². The number of benzene rings is 1. The molecular weight excluding hydrogens is 476 g/mol. The van der Waals surface area contributed by atoms with E-state index in [1.807, 2.05) is 44.2 Å². The molecule has 0 fully saturated rings. The number of esters is 2. The Hall–Kier alpha value is -4.26. The van der Waals surface area contributed by atoms with Crippen molar-refractivity contribution in [2.24, 2.45) is 5.92 Å². The van der Waals surface area contributed by atoms with Gasteiger partial charge in [0, 0.05) is 24.1 Å². The highest BCUT2D eigenvalue weighted by Gasteiger charge is 2.19. The SMILES string of the molecule is C=C(C)C(=O)OCCCn1c(O)c(NNc2ccc(CCOC(=O)C(C)CC)cc2)c(C)c(C#N)c1=O. The van der Waals surface area contributed by atoms with Crippen LogP contribution < -0.4 is 16.4 Å². The number of pyridine rings is 1. The van der Waals surface area contributed by atoms with Crippen LogP contribution >= 0.6 is 0 Å². The topological polar surface area (TPSA) is 143 Å². The molecule has 0 saturated heterocycles. The molecule has 10 heteroatoms. The van der Waals surface area contributed by atoms with Crippen LogP contribution in [0.5, 0.6) is 5.88 Å². The lowest BCUT2D eigenvalue weighted by Crippen LogP contribution is -2.26. The number of rotatable bonds is 13. The predicted molar refractivity (Wildman–Crippen MR) is 140 cm³/mol. The number of carbonyl (C=O) groups is 2. The number of ether oxygens (including phenoxy) is 2. The number of nitrogens with one attached hydrogen (secondary N) is 2. The van der Waals surface area contributed by atoms with Gasteiger partial charge >= 0.3 is 11.9 Å². The Morgan fingerprint density at radius 1 is 1.19 bits per heavy atom. The number of hydrazine groups is 1. The first-order valence-corrected chi connectivity index (χ1v) is 12.1. The molecule has 1 unspecified atom stereocenters. The average Bonchev–Trinajstić information content (AvgIpc) is 2.88. The fourth-order valence-corrected chi connectivity index (χ4v) is 3.29. The maximum Gasteiger partial charge on any atom is 0.333 e. The van der Waals surface area contributed by atoms with Gasteiger partial charge in [-0.2, -0.15) is 5.26 Å². The van der Waals surface area contributed by atoms with Crippen molar-refractivity contribution >= 4 is 23.3 Å².